The molecular weight excluding hydrogens is 314 g/mol. The van der Waals surface area contributed by atoms with E-state index in [1.54, 1.807) is 37.6 Å². The monoisotopic (exact) mass is 337 g/mol. The highest BCUT2D eigenvalue weighted by Crippen LogP contribution is 2.30. The average Bonchev–Trinajstić information content (AvgIpc) is 3.01. The number of hydrogen-bond donors (Lipinski definition) is 0. The Bertz CT molecular complexity index is 770. The summed E-state index contributed by atoms with van der Waals surface area (Å²) in [6.45, 7) is 0. The average molecular weight is 337 g/mol. The third kappa shape index (κ3) is 4.02. The van der Waals surface area contributed by atoms with Crippen molar-refractivity contribution in [1.29, 1.82) is 0 Å². The summed E-state index contributed by atoms with van der Waals surface area (Å²) in [5, 5.41) is 0. The molecular formula is C21H23NO3. The third-order valence-corrected chi connectivity index (χ3v) is 4.29. The van der Waals surface area contributed by atoms with Gasteiger partial charge in [0.15, 0.2) is 5.78 Å². The van der Waals surface area contributed by atoms with E-state index >= 15 is 0 Å². The molecule has 0 heterocycles. The van der Waals surface area contributed by atoms with E-state index in [1.165, 1.54) is 11.1 Å². The number of benzene rings is 2. The van der Waals surface area contributed by atoms with Crippen molar-refractivity contribution in [3.63, 3.8) is 0 Å². The number of carbonyl (C=O) groups excluding carboxylic acids is 1. The van der Waals surface area contributed by atoms with Crippen LogP contribution in [0.1, 0.15) is 21.5 Å². The largest absolute Gasteiger partial charge is 0.497 e. The van der Waals surface area contributed by atoms with Crippen molar-refractivity contribution in [2.45, 2.75) is 18.9 Å². The van der Waals surface area contributed by atoms with Crippen molar-refractivity contribution in [1.82, 2.24) is 4.90 Å². The predicted molar refractivity (Wildman–Crippen MR) is 98.4 cm³/mol. The van der Waals surface area contributed by atoms with Crippen molar-refractivity contribution in [2.24, 2.45) is 0 Å². The highest BCUT2D eigenvalue weighted by Gasteiger charge is 2.24. The summed E-state index contributed by atoms with van der Waals surface area (Å²) >= 11 is 0. The Morgan fingerprint density at radius 1 is 1.12 bits per heavy atom. The van der Waals surface area contributed by atoms with Gasteiger partial charge in [-0.1, -0.05) is 24.3 Å². The van der Waals surface area contributed by atoms with Gasteiger partial charge >= 0.3 is 0 Å². The summed E-state index contributed by atoms with van der Waals surface area (Å²) in [6, 6.07) is 13.7. The van der Waals surface area contributed by atoms with Gasteiger partial charge in [-0.3, -0.25) is 4.79 Å². The summed E-state index contributed by atoms with van der Waals surface area (Å²) in [5.74, 6) is 1.17. The van der Waals surface area contributed by atoms with Gasteiger partial charge in [0.2, 0.25) is 0 Å². The smallest absolute Gasteiger partial charge is 0.191 e. The molecule has 4 nitrogen and oxygen atoms in total. The van der Waals surface area contributed by atoms with Crippen LogP contribution in [0.25, 0.3) is 0 Å². The zero-order valence-electron chi connectivity index (χ0n) is 14.9. The summed E-state index contributed by atoms with van der Waals surface area (Å²) in [7, 11) is 5.37. The first kappa shape index (κ1) is 17.1. The van der Waals surface area contributed by atoms with Crippen molar-refractivity contribution < 1.29 is 14.3 Å². The standard InChI is InChI=1S/C21H23NO3/c1-22(2)11-10-20(23)19-9-8-17(24-3)14-21(19)25-18-12-15-6-4-5-7-16(15)13-18/h4-11,14,18H,12-13H2,1-3H3. The van der Waals surface area contributed by atoms with Crippen LogP contribution in [-0.2, 0) is 12.8 Å². The lowest BCUT2D eigenvalue weighted by Gasteiger charge is -2.16. The molecule has 0 aromatic heterocycles. The molecule has 0 bridgehead atoms. The van der Waals surface area contributed by atoms with Crippen molar-refractivity contribution in [3.05, 3.63) is 71.4 Å². The molecule has 0 N–H and O–H groups in total. The minimum absolute atomic E-state index is 0.0360. The van der Waals surface area contributed by atoms with Gasteiger partial charge in [0.25, 0.3) is 0 Å². The SMILES string of the molecule is COc1ccc(C(=O)C=CN(C)C)c(OC2Cc3ccccc3C2)c1. The lowest BCUT2D eigenvalue weighted by atomic mass is 10.1. The molecule has 0 aliphatic heterocycles. The maximum atomic E-state index is 12.5. The van der Waals surface area contributed by atoms with Crippen LogP contribution in [-0.4, -0.2) is 38.0 Å². The van der Waals surface area contributed by atoms with E-state index in [1.807, 2.05) is 31.1 Å². The van der Waals surface area contributed by atoms with E-state index in [0.29, 0.717) is 17.1 Å². The van der Waals surface area contributed by atoms with Crippen molar-refractivity contribution >= 4 is 5.78 Å². The van der Waals surface area contributed by atoms with Gasteiger partial charge in [-0.15, -0.1) is 0 Å². The molecule has 2 aromatic carbocycles. The molecule has 130 valence electrons. The lowest BCUT2D eigenvalue weighted by molar-refractivity contribution is 0.103. The normalized spacial score (nSPS) is 13.7. The first-order valence-electron chi connectivity index (χ1n) is 8.37. The molecule has 0 saturated carbocycles. The maximum absolute atomic E-state index is 12.5. The molecule has 0 amide bonds. The topological polar surface area (TPSA) is 38.8 Å². The van der Waals surface area contributed by atoms with Crippen LogP contribution >= 0.6 is 0 Å². The number of ether oxygens (including phenoxy) is 2. The Hall–Kier alpha value is -2.75. The van der Waals surface area contributed by atoms with E-state index in [4.69, 9.17) is 9.47 Å². The Morgan fingerprint density at radius 2 is 1.80 bits per heavy atom. The van der Waals surface area contributed by atoms with Crippen molar-refractivity contribution in [3.8, 4) is 11.5 Å². The number of allylic oxidation sites excluding steroid dienone is 1. The third-order valence-electron chi connectivity index (χ3n) is 4.29. The van der Waals surface area contributed by atoms with E-state index in [2.05, 4.69) is 12.1 Å². The zero-order chi connectivity index (χ0) is 17.8. The van der Waals surface area contributed by atoms with Crippen LogP contribution in [0.4, 0.5) is 0 Å². The molecule has 25 heavy (non-hydrogen) atoms. The summed E-state index contributed by atoms with van der Waals surface area (Å²) < 4.78 is 11.5. The minimum Gasteiger partial charge on any atom is -0.497 e. The molecule has 4 heteroatoms. The van der Waals surface area contributed by atoms with Crippen molar-refractivity contribution in [2.75, 3.05) is 21.2 Å². The van der Waals surface area contributed by atoms with Crippen LogP contribution in [0, 0.1) is 0 Å². The Balaban J connectivity index is 1.83. The van der Waals surface area contributed by atoms with E-state index < -0.39 is 0 Å². The number of carbonyl (C=O) groups is 1. The van der Waals surface area contributed by atoms with Gasteiger partial charge in [-0.25, -0.2) is 0 Å². The van der Waals surface area contributed by atoms with Gasteiger partial charge < -0.3 is 14.4 Å². The molecule has 1 aliphatic carbocycles. The number of hydrogen-bond acceptors (Lipinski definition) is 4. The summed E-state index contributed by atoms with van der Waals surface area (Å²) in [4.78, 5) is 14.4. The second-order valence-corrected chi connectivity index (χ2v) is 6.42. The fourth-order valence-electron chi connectivity index (χ4n) is 3.02. The van der Waals surface area contributed by atoms with Gasteiger partial charge in [0, 0.05) is 45.3 Å². The van der Waals surface area contributed by atoms with Gasteiger partial charge in [0.1, 0.15) is 17.6 Å². The summed E-state index contributed by atoms with van der Waals surface area (Å²) in [5.41, 5.74) is 3.18. The number of nitrogens with zero attached hydrogens (tertiary/aromatic N) is 1. The first-order chi connectivity index (χ1) is 12.1. The lowest BCUT2D eigenvalue weighted by Crippen LogP contribution is -2.18. The Morgan fingerprint density at radius 3 is 2.40 bits per heavy atom. The number of rotatable bonds is 6. The van der Waals surface area contributed by atoms with Crippen LogP contribution in [0.3, 0.4) is 0 Å². The van der Waals surface area contributed by atoms with Crippen LogP contribution in [0.15, 0.2) is 54.7 Å². The molecule has 1 aliphatic rings. The number of methoxy groups -OCH3 is 1. The molecule has 0 atom stereocenters. The summed E-state index contributed by atoms with van der Waals surface area (Å²) in [6.07, 6.45) is 5.04. The number of fused-ring (bicyclic) bond motifs is 1. The zero-order valence-corrected chi connectivity index (χ0v) is 14.9. The molecule has 0 fully saturated rings. The molecule has 0 radical (unpaired) electrons. The van der Waals surface area contributed by atoms with E-state index in [-0.39, 0.29) is 11.9 Å². The molecule has 3 rings (SSSR count). The molecule has 0 unspecified atom stereocenters. The highest BCUT2D eigenvalue weighted by molar-refractivity contribution is 6.06. The Labute approximate surface area is 148 Å². The molecule has 0 saturated heterocycles. The van der Waals surface area contributed by atoms with E-state index in [9.17, 15) is 4.79 Å². The fourth-order valence-corrected chi connectivity index (χ4v) is 3.02. The quantitative estimate of drug-likeness (QED) is 0.597. The second kappa shape index (κ2) is 7.43. The first-order valence-corrected chi connectivity index (χ1v) is 8.37. The van der Waals surface area contributed by atoms with Crippen LogP contribution in [0.2, 0.25) is 0 Å². The van der Waals surface area contributed by atoms with Gasteiger partial charge in [-0.2, -0.15) is 0 Å². The Kier molecular flexibility index (Phi) is 5.08. The van der Waals surface area contributed by atoms with Crippen LogP contribution in [0.5, 0.6) is 11.5 Å². The van der Waals surface area contributed by atoms with Crippen LogP contribution < -0.4 is 9.47 Å². The van der Waals surface area contributed by atoms with Gasteiger partial charge in [-0.05, 0) is 23.3 Å². The minimum atomic E-state index is -0.0816. The van der Waals surface area contributed by atoms with E-state index in [0.717, 1.165) is 12.8 Å². The second-order valence-electron chi connectivity index (χ2n) is 6.42. The molecule has 0 spiro atoms. The number of ketones is 1. The maximum Gasteiger partial charge on any atom is 0.191 e. The molecule has 2 aromatic rings. The van der Waals surface area contributed by atoms with Gasteiger partial charge in [0.05, 0.1) is 12.7 Å². The predicted octanol–water partition coefficient (Wildman–Crippen LogP) is 3.50. The fraction of sp³-hybridized carbons (Fsp3) is 0.286. The highest BCUT2D eigenvalue weighted by atomic mass is 16.5.